The van der Waals surface area contributed by atoms with Crippen molar-refractivity contribution in [3.05, 3.63) is 84.9 Å². The van der Waals surface area contributed by atoms with Gasteiger partial charge >= 0.3 is 8.24 Å². The zero-order valence-corrected chi connectivity index (χ0v) is 20.6. The summed E-state index contributed by atoms with van der Waals surface area (Å²) in [7, 11) is -1.62. The van der Waals surface area contributed by atoms with E-state index in [1.54, 1.807) is 0 Å². The Labute approximate surface area is 200 Å². The third-order valence-electron chi connectivity index (χ3n) is 7.29. The van der Waals surface area contributed by atoms with Crippen LogP contribution in [0.2, 0.25) is 0 Å². The average molecular weight is 469 g/mol. The summed E-state index contributed by atoms with van der Waals surface area (Å²) in [6, 6.07) is 25.3. The summed E-state index contributed by atoms with van der Waals surface area (Å²) in [4.78, 5) is 0. The van der Waals surface area contributed by atoms with Crippen molar-refractivity contribution in [3.8, 4) is 0 Å². The molecule has 0 unspecified atom stereocenters. The summed E-state index contributed by atoms with van der Waals surface area (Å²) in [5, 5.41) is 6.82. The molecule has 1 heterocycles. The Morgan fingerprint density at radius 2 is 1.38 bits per heavy atom. The van der Waals surface area contributed by atoms with Crippen LogP contribution in [0, 0.1) is 11.8 Å². The van der Waals surface area contributed by atoms with Gasteiger partial charge in [-0.3, -0.25) is 4.52 Å². The maximum Gasteiger partial charge on any atom is 0.387 e. The molecule has 6 rings (SSSR count). The molecule has 0 spiro atoms. The van der Waals surface area contributed by atoms with E-state index in [1.165, 1.54) is 22.8 Å². The van der Waals surface area contributed by atoms with Crippen LogP contribution in [-0.4, -0.2) is 6.10 Å². The Morgan fingerprint density at radius 1 is 0.824 bits per heavy atom. The van der Waals surface area contributed by atoms with Gasteiger partial charge < -0.3 is 8.39 Å². The molecule has 1 fully saturated rings. The van der Waals surface area contributed by atoms with Crippen LogP contribution in [0.5, 0.6) is 0 Å². The van der Waals surface area contributed by atoms with Gasteiger partial charge in [-0.25, -0.2) is 0 Å². The Kier molecular flexibility index (Phi) is 5.48. The summed E-state index contributed by atoms with van der Waals surface area (Å²) in [6.07, 6.45) is 3.37. The molecule has 1 aliphatic rings. The van der Waals surface area contributed by atoms with E-state index in [-0.39, 0.29) is 6.10 Å². The van der Waals surface area contributed by atoms with Crippen molar-refractivity contribution in [2.45, 2.75) is 39.2 Å². The molecule has 34 heavy (non-hydrogen) atoms. The SMILES string of the molecule is C=C(C)[C@@H]1CC[C@@H](C)C[C@H]1Op1oc2ccc3ccccc3c2c2c(ccc3ccccc32)o1. The minimum absolute atomic E-state index is 0.0540. The predicted molar refractivity (Wildman–Crippen MR) is 143 cm³/mol. The van der Waals surface area contributed by atoms with Crippen molar-refractivity contribution in [2.75, 3.05) is 0 Å². The predicted octanol–water partition coefficient (Wildman–Crippen LogP) is 9.41. The minimum atomic E-state index is -1.62. The van der Waals surface area contributed by atoms with Gasteiger partial charge in [0.1, 0.15) is 11.2 Å². The Bertz CT molecular complexity index is 1480. The average Bonchev–Trinajstić information content (AvgIpc) is 3.00. The van der Waals surface area contributed by atoms with Gasteiger partial charge in [-0.1, -0.05) is 79.7 Å². The van der Waals surface area contributed by atoms with E-state index in [9.17, 15) is 0 Å². The summed E-state index contributed by atoms with van der Waals surface area (Å²) in [6.45, 7) is 8.67. The van der Waals surface area contributed by atoms with Crippen molar-refractivity contribution >= 4 is 51.7 Å². The normalized spacial score (nSPS) is 20.8. The van der Waals surface area contributed by atoms with Crippen LogP contribution >= 0.6 is 8.24 Å². The van der Waals surface area contributed by atoms with Crippen LogP contribution in [-0.2, 0) is 0 Å². The first-order chi connectivity index (χ1) is 16.6. The Morgan fingerprint density at radius 3 is 1.94 bits per heavy atom. The van der Waals surface area contributed by atoms with Crippen molar-refractivity contribution in [1.29, 1.82) is 0 Å². The van der Waals surface area contributed by atoms with Gasteiger partial charge in [0.15, 0.2) is 0 Å². The monoisotopic (exact) mass is 468 g/mol. The number of hydrogen-bond acceptors (Lipinski definition) is 3. The number of hydrogen-bond donors (Lipinski definition) is 0. The van der Waals surface area contributed by atoms with Gasteiger partial charge in [-0.2, -0.15) is 0 Å². The molecule has 0 radical (unpaired) electrons. The Balaban J connectivity index is 1.65. The maximum absolute atomic E-state index is 6.65. The molecule has 0 aliphatic heterocycles. The quantitative estimate of drug-likeness (QED) is 0.247. The van der Waals surface area contributed by atoms with Crippen LogP contribution in [0.4, 0.5) is 0 Å². The van der Waals surface area contributed by atoms with Gasteiger partial charge in [0.25, 0.3) is 0 Å². The first-order valence-corrected chi connectivity index (χ1v) is 13.2. The third-order valence-corrected chi connectivity index (χ3v) is 8.42. The lowest BCUT2D eigenvalue weighted by Gasteiger charge is -2.33. The van der Waals surface area contributed by atoms with Crippen LogP contribution in [0.1, 0.15) is 33.1 Å². The lowest BCUT2D eigenvalue weighted by atomic mass is 9.78. The molecule has 3 nitrogen and oxygen atoms in total. The standard InChI is InChI=1S/C30H29O3P/c1-19(2)23-15-12-20(3)18-28(23)33-34-31-26-16-13-21-8-4-6-10-24(21)29(26)30-25-11-7-5-9-22(25)14-17-27(30)32-34/h4-11,13-14,16-17,20,23,28H,1,12,15,18H2,2-3H3/t20-,23+,28-/m1/s1. The van der Waals surface area contributed by atoms with E-state index in [0.717, 1.165) is 45.6 Å². The molecular weight excluding hydrogens is 439 g/mol. The van der Waals surface area contributed by atoms with Crippen molar-refractivity contribution in [2.24, 2.45) is 11.8 Å². The van der Waals surface area contributed by atoms with Crippen molar-refractivity contribution < 1.29 is 12.9 Å². The molecule has 4 heteroatoms. The number of fused-ring (bicyclic) bond motifs is 7. The molecule has 3 atom stereocenters. The Hall–Kier alpha value is -3.00. The fourth-order valence-corrected chi connectivity index (χ4v) is 6.72. The summed E-state index contributed by atoms with van der Waals surface area (Å²) in [5.41, 5.74) is 2.81. The van der Waals surface area contributed by atoms with E-state index < -0.39 is 8.24 Å². The molecule has 1 aromatic heterocycles. The van der Waals surface area contributed by atoms with Crippen LogP contribution in [0.25, 0.3) is 43.5 Å². The van der Waals surface area contributed by atoms with Gasteiger partial charge in [0.2, 0.25) is 0 Å². The highest BCUT2D eigenvalue weighted by molar-refractivity contribution is 7.31. The maximum atomic E-state index is 6.65. The highest BCUT2D eigenvalue weighted by Crippen LogP contribution is 2.43. The summed E-state index contributed by atoms with van der Waals surface area (Å²) >= 11 is 0. The van der Waals surface area contributed by atoms with E-state index in [0.29, 0.717) is 11.8 Å². The first kappa shape index (κ1) is 21.5. The summed E-state index contributed by atoms with van der Waals surface area (Å²) in [5.74, 6) is 0.955. The van der Waals surface area contributed by atoms with Crippen LogP contribution < -0.4 is 4.52 Å². The van der Waals surface area contributed by atoms with Crippen LogP contribution in [0.3, 0.4) is 0 Å². The van der Waals surface area contributed by atoms with Crippen LogP contribution in [0.15, 0.2) is 93.3 Å². The van der Waals surface area contributed by atoms with Crippen molar-refractivity contribution in [3.63, 3.8) is 0 Å². The zero-order valence-electron chi connectivity index (χ0n) is 19.7. The fourth-order valence-electron chi connectivity index (χ4n) is 5.51. The van der Waals surface area contributed by atoms with Crippen molar-refractivity contribution in [1.82, 2.24) is 0 Å². The topological polar surface area (TPSA) is 35.5 Å². The molecule has 1 saturated carbocycles. The third kappa shape index (κ3) is 3.74. The number of rotatable bonds is 3. The second-order valence-electron chi connectivity index (χ2n) is 9.74. The highest BCUT2D eigenvalue weighted by Gasteiger charge is 2.31. The van der Waals surface area contributed by atoms with E-state index >= 15 is 0 Å². The molecule has 4 aromatic carbocycles. The molecule has 0 saturated heterocycles. The van der Waals surface area contributed by atoms with E-state index in [2.05, 4.69) is 93.2 Å². The van der Waals surface area contributed by atoms with Gasteiger partial charge in [0, 0.05) is 16.7 Å². The molecular formula is C30H29O3P. The molecule has 0 N–H and O–H groups in total. The second kappa shape index (κ2) is 8.65. The first-order valence-electron chi connectivity index (χ1n) is 12.1. The van der Waals surface area contributed by atoms with Gasteiger partial charge in [-0.15, -0.1) is 0 Å². The molecule has 5 aromatic rings. The van der Waals surface area contributed by atoms with Gasteiger partial charge in [0.05, 0.1) is 6.10 Å². The van der Waals surface area contributed by atoms with E-state index in [4.69, 9.17) is 12.9 Å². The summed E-state index contributed by atoms with van der Waals surface area (Å²) < 4.78 is 19.8. The molecule has 0 bridgehead atoms. The fraction of sp³-hybridized carbons (Fsp3) is 0.267. The molecule has 1 aliphatic carbocycles. The smallest absolute Gasteiger partial charge is 0.387 e. The second-order valence-corrected chi connectivity index (χ2v) is 10.8. The van der Waals surface area contributed by atoms with E-state index in [1.807, 2.05) is 0 Å². The molecule has 172 valence electrons. The lowest BCUT2D eigenvalue weighted by Crippen LogP contribution is -2.33. The lowest BCUT2D eigenvalue weighted by molar-refractivity contribution is 0.122. The van der Waals surface area contributed by atoms with Gasteiger partial charge in [-0.05, 0) is 65.8 Å². The molecule has 0 amide bonds. The highest BCUT2D eigenvalue weighted by atomic mass is 31.1. The number of benzene rings is 4. The largest absolute Gasteiger partial charge is 0.399 e. The minimum Gasteiger partial charge on any atom is -0.399 e. The zero-order chi connectivity index (χ0) is 23.2.